The molecule has 2 aliphatic carbocycles. The molecule has 10 heteroatoms. The van der Waals surface area contributed by atoms with Crippen LogP contribution in [0.3, 0.4) is 0 Å². The van der Waals surface area contributed by atoms with Gasteiger partial charge in [-0.25, -0.2) is 9.78 Å². The number of ether oxygens (including phenoxy) is 1. The average molecular weight is 706 g/mol. The molecule has 228 valence electrons. The van der Waals surface area contributed by atoms with E-state index < -0.39 is 18.4 Å². The van der Waals surface area contributed by atoms with Gasteiger partial charge in [0.25, 0.3) is 0 Å². The number of halogens is 3. The number of hydrogen-bond acceptors (Lipinski definition) is 6. The second-order valence-corrected chi connectivity index (χ2v) is 13.7. The molecule has 1 aliphatic heterocycles. The van der Waals surface area contributed by atoms with Gasteiger partial charge >= 0.3 is 5.97 Å². The number of Topliss-reactive ketones (excluding diaryl/α,β-unsaturated/α-hetero) is 1. The Hall–Kier alpha value is -3.59. The molecule has 4 unspecified atom stereocenters. The van der Waals surface area contributed by atoms with Crippen LogP contribution in [0.4, 0.5) is 5.69 Å². The zero-order valence-electron chi connectivity index (χ0n) is 24.2. The van der Waals surface area contributed by atoms with Crippen LogP contribution in [0.2, 0.25) is 10.0 Å². The van der Waals surface area contributed by atoms with Crippen molar-refractivity contribution in [3.63, 3.8) is 0 Å². The molecular formula is C35H27BrCl2N2O5. The summed E-state index contributed by atoms with van der Waals surface area (Å²) in [5.74, 6) is -1.09. The number of hydrogen-bond donors (Lipinski definition) is 0. The van der Waals surface area contributed by atoms with Gasteiger partial charge < -0.3 is 4.74 Å². The van der Waals surface area contributed by atoms with E-state index in [2.05, 4.69) is 15.9 Å². The molecule has 3 aromatic carbocycles. The first-order valence-corrected chi connectivity index (χ1v) is 16.5. The number of rotatable bonds is 7. The number of esters is 1. The average Bonchev–Trinajstić information content (AvgIpc) is 3.72. The van der Waals surface area contributed by atoms with Gasteiger partial charge in [0.1, 0.15) is 0 Å². The van der Waals surface area contributed by atoms with Crippen molar-refractivity contribution in [3.8, 4) is 11.3 Å². The lowest BCUT2D eigenvalue weighted by Gasteiger charge is -2.19. The van der Waals surface area contributed by atoms with Gasteiger partial charge in [0, 0.05) is 26.0 Å². The fraction of sp³-hybridized carbons (Fsp3) is 0.286. The van der Waals surface area contributed by atoms with Crippen LogP contribution in [-0.4, -0.2) is 35.2 Å². The fourth-order valence-electron chi connectivity index (χ4n) is 7.39. The van der Waals surface area contributed by atoms with E-state index in [1.54, 1.807) is 42.5 Å². The summed E-state index contributed by atoms with van der Waals surface area (Å²) in [4.78, 5) is 59.3. The smallest absolute Gasteiger partial charge is 0.339 e. The van der Waals surface area contributed by atoms with Crippen LogP contribution in [0.15, 0.2) is 65.1 Å². The Labute approximate surface area is 278 Å². The summed E-state index contributed by atoms with van der Waals surface area (Å²) in [5.41, 5.74) is 3.76. The maximum atomic E-state index is 13.5. The third-order valence-electron chi connectivity index (χ3n) is 9.47. The third kappa shape index (κ3) is 5.17. The van der Waals surface area contributed by atoms with Gasteiger partial charge in [0.05, 0.1) is 39.3 Å². The molecule has 7 nitrogen and oxygen atoms in total. The monoisotopic (exact) mass is 704 g/mol. The minimum absolute atomic E-state index is 0.0913. The molecule has 0 radical (unpaired) electrons. The number of nitrogens with zero attached hydrogens (tertiary/aromatic N) is 2. The van der Waals surface area contributed by atoms with E-state index in [-0.39, 0.29) is 39.8 Å². The zero-order valence-corrected chi connectivity index (χ0v) is 27.3. The number of aryl methyl sites for hydroxylation is 1. The van der Waals surface area contributed by atoms with Crippen LogP contribution in [0.1, 0.15) is 52.5 Å². The highest BCUT2D eigenvalue weighted by molar-refractivity contribution is 9.10. The standard InChI is InChI=1S/C35H27BrCl2N2O5/c1-2-17-12-21(36)13-25-26(35(44)45-16-29(41)24-10-7-22(37)14-27(24)38)15-28(39-32(17)25)18-5-8-23(9-6-18)40-33(42)30-19-3-4-20(11-19)31(30)34(40)43/h5-10,12-15,19-20,30-31H,2-4,11,16H2,1H3. The van der Waals surface area contributed by atoms with Crippen LogP contribution >= 0.6 is 39.1 Å². The Morgan fingerprint density at radius 2 is 1.62 bits per heavy atom. The molecule has 7 rings (SSSR count). The van der Waals surface area contributed by atoms with Crippen molar-refractivity contribution >= 4 is 79.3 Å². The van der Waals surface area contributed by atoms with Crippen LogP contribution in [0.25, 0.3) is 22.2 Å². The summed E-state index contributed by atoms with van der Waals surface area (Å²) in [5, 5.41) is 1.15. The number of pyridine rings is 1. The van der Waals surface area contributed by atoms with Crippen molar-refractivity contribution < 1.29 is 23.9 Å². The maximum Gasteiger partial charge on any atom is 0.339 e. The van der Waals surface area contributed by atoms with Crippen molar-refractivity contribution in [3.05, 3.63) is 91.9 Å². The molecule has 4 atom stereocenters. The first-order valence-electron chi connectivity index (χ1n) is 14.9. The normalized spacial score (nSPS) is 21.9. The molecule has 45 heavy (non-hydrogen) atoms. The van der Waals surface area contributed by atoms with Gasteiger partial charge in [-0.3, -0.25) is 19.3 Å². The second kappa shape index (κ2) is 11.6. The molecule has 3 aliphatic rings. The number of amides is 2. The second-order valence-electron chi connectivity index (χ2n) is 11.9. The van der Waals surface area contributed by atoms with Gasteiger partial charge in [-0.2, -0.15) is 0 Å². The number of anilines is 1. The number of fused-ring (bicyclic) bond motifs is 6. The molecule has 2 saturated carbocycles. The topological polar surface area (TPSA) is 93.6 Å². The first kappa shape index (κ1) is 30.1. The summed E-state index contributed by atoms with van der Waals surface area (Å²) in [6, 6.07) is 17.0. The van der Waals surface area contributed by atoms with Crippen molar-refractivity contribution in [1.29, 1.82) is 0 Å². The first-order chi connectivity index (χ1) is 21.6. The lowest BCUT2D eigenvalue weighted by atomic mass is 9.81. The molecule has 2 amide bonds. The summed E-state index contributed by atoms with van der Waals surface area (Å²) >= 11 is 15.7. The Morgan fingerprint density at radius 3 is 2.27 bits per heavy atom. The molecule has 4 aromatic rings. The van der Waals surface area contributed by atoms with Crippen molar-refractivity contribution in [2.75, 3.05) is 11.5 Å². The number of imide groups is 1. The predicted molar refractivity (Wildman–Crippen MR) is 176 cm³/mol. The van der Waals surface area contributed by atoms with Crippen LogP contribution in [0, 0.1) is 23.7 Å². The van der Waals surface area contributed by atoms with Crippen molar-refractivity contribution in [1.82, 2.24) is 4.98 Å². The fourth-order valence-corrected chi connectivity index (χ4v) is 8.41. The molecular weight excluding hydrogens is 679 g/mol. The van der Waals surface area contributed by atoms with Crippen LogP contribution in [-0.2, 0) is 20.7 Å². The number of aromatic nitrogens is 1. The molecule has 1 saturated heterocycles. The molecule has 2 heterocycles. The quantitative estimate of drug-likeness (QED) is 0.110. The molecule has 3 fully saturated rings. The highest BCUT2D eigenvalue weighted by Gasteiger charge is 2.61. The van der Waals surface area contributed by atoms with Crippen LogP contribution in [0.5, 0.6) is 0 Å². The molecule has 1 aromatic heterocycles. The summed E-state index contributed by atoms with van der Waals surface area (Å²) in [6.07, 6.45) is 3.69. The van der Waals surface area contributed by atoms with E-state index in [1.165, 1.54) is 17.0 Å². The summed E-state index contributed by atoms with van der Waals surface area (Å²) in [7, 11) is 0. The SMILES string of the molecule is CCc1cc(Br)cc2c(C(=O)OCC(=O)c3ccc(Cl)cc3Cl)cc(-c3ccc(N4C(=O)C5C6CCC(C6)C5C4=O)cc3)nc12. The Bertz CT molecular complexity index is 1900. The minimum atomic E-state index is -0.687. The maximum absolute atomic E-state index is 13.5. The molecule has 0 spiro atoms. The van der Waals surface area contributed by atoms with E-state index in [0.717, 1.165) is 29.3 Å². The molecule has 0 N–H and O–H groups in total. The third-order valence-corrected chi connectivity index (χ3v) is 10.5. The molecule has 2 bridgehead atoms. The van der Waals surface area contributed by atoms with E-state index >= 15 is 0 Å². The van der Waals surface area contributed by atoms with E-state index in [4.69, 9.17) is 32.9 Å². The minimum Gasteiger partial charge on any atom is -0.454 e. The van der Waals surface area contributed by atoms with Crippen LogP contribution < -0.4 is 4.90 Å². The lowest BCUT2D eigenvalue weighted by Crippen LogP contribution is -2.32. The zero-order chi connectivity index (χ0) is 31.6. The van der Waals surface area contributed by atoms with E-state index in [0.29, 0.717) is 51.1 Å². The predicted octanol–water partition coefficient (Wildman–Crippen LogP) is 8.11. The lowest BCUT2D eigenvalue weighted by molar-refractivity contribution is -0.123. The van der Waals surface area contributed by atoms with E-state index in [9.17, 15) is 19.2 Å². The summed E-state index contributed by atoms with van der Waals surface area (Å²) < 4.78 is 6.29. The highest BCUT2D eigenvalue weighted by atomic mass is 79.9. The number of carbonyl (C=O) groups excluding carboxylic acids is 4. The van der Waals surface area contributed by atoms with Gasteiger partial charge in [0.15, 0.2) is 6.61 Å². The largest absolute Gasteiger partial charge is 0.454 e. The van der Waals surface area contributed by atoms with E-state index in [1.807, 2.05) is 13.0 Å². The highest BCUT2D eigenvalue weighted by Crippen LogP contribution is 2.56. The van der Waals surface area contributed by atoms with Gasteiger partial charge in [-0.05, 0) is 91.6 Å². The Kier molecular flexibility index (Phi) is 7.79. The Morgan fingerprint density at radius 1 is 0.933 bits per heavy atom. The number of carbonyl (C=O) groups is 4. The Balaban J connectivity index is 1.20. The van der Waals surface area contributed by atoms with Gasteiger partial charge in [-0.15, -0.1) is 0 Å². The summed E-state index contributed by atoms with van der Waals surface area (Å²) in [6.45, 7) is 1.49. The van der Waals surface area contributed by atoms with Gasteiger partial charge in [-0.1, -0.05) is 58.2 Å². The number of ketones is 1. The van der Waals surface area contributed by atoms with Crippen molar-refractivity contribution in [2.24, 2.45) is 23.7 Å². The van der Waals surface area contributed by atoms with Gasteiger partial charge in [0.2, 0.25) is 17.6 Å². The number of benzene rings is 3. The van der Waals surface area contributed by atoms with Crippen molar-refractivity contribution in [2.45, 2.75) is 32.6 Å².